The van der Waals surface area contributed by atoms with Crippen LogP contribution < -0.4 is 4.90 Å². The van der Waals surface area contributed by atoms with Gasteiger partial charge in [0, 0.05) is 54.3 Å². The van der Waals surface area contributed by atoms with E-state index in [0.717, 1.165) is 46.0 Å². The highest BCUT2D eigenvalue weighted by Gasteiger charge is 2.27. The highest BCUT2D eigenvalue weighted by Crippen LogP contribution is 2.30. The van der Waals surface area contributed by atoms with Gasteiger partial charge in [0.15, 0.2) is 0 Å². The second-order valence-electron chi connectivity index (χ2n) is 8.56. The molecule has 0 atom stereocenters. The molecule has 0 N–H and O–H groups in total. The maximum absolute atomic E-state index is 13.6. The Labute approximate surface area is 189 Å². The van der Waals surface area contributed by atoms with E-state index < -0.39 is 0 Å². The third kappa shape index (κ3) is 4.09. The molecule has 3 aromatic rings. The maximum atomic E-state index is 13.6. The van der Waals surface area contributed by atoms with E-state index in [0.29, 0.717) is 25.6 Å². The Morgan fingerprint density at radius 1 is 1.13 bits per heavy atom. The summed E-state index contributed by atoms with van der Waals surface area (Å²) in [6, 6.07) is 14.5. The molecule has 0 saturated carbocycles. The van der Waals surface area contributed by atoms with Crippen molar-refractivity contribution < 1.29 is 4.79 Å². The van der Waals surface area contributed by atoms with Crippen LogP contribution >= 0.6 is 11.6 Å². The van der Waals surface area contributed by atoms with E-state index in [1.807, 2.05) is 29.2 Å². The van der Waals surface area contributed by atoms with Crippen molar-refractivity contribution >= 4 is 34.1 Å². The topological polar surface area (TPSA) is 28.5 Å². The quantitative estimate of drug-likeness (QED) is 0.468. The Bertz CT molecular complexity index is 1120. The van der Waals surface area contributed by atoms with E-state index in [1.54, 1.807) is 0 Å². The highest BCUT2D eigenvalue weighted by molar-refractivity contribution is 6.30. The number of aromatic nitrogens is 1. The lowest BCUT2D eigenvalue weighted by Gasteiger charge is -2.36. The van der Waals surface area contributed by atoms with Crippen LogP contribution in [0, 0.1) is 6.92 Å². The third-order valence-electron chi connectivity index (χ3n) is 6.26. The second-order valence-corrected chi connectivity index (χ2v) is 9.00. The molecule has 2 aromatic carbocycles. The number of amides is 1. The molecule has 0 unspecified atom stereocenters. The van der Waals surface area contributed by atoms with Crippen molar-refractivity contribution in [2.24, 2.45) is 0 Å². The van der Waals surface area contributed by atoms with Gasteiger partial charge in [0.2, 0.25) is 0 Å². The summed E-state index contributed by atoms with van der Waals surface area (Å²) < 4.78 is 2.12. The molecular weight excluding hydrogens is 406 g/mol. The van der Waals surface area contributed by atoms with Gasteiger partial charge < -0.3 is 14.4 Å². The third-order valence-corrected chi connectivity index (χ3v) is 6.50. The van der Waals surface area contributed by atoms with Crippen molar-refractivity contribution in [2.75, 3.05) is 31.1 Å². The SMILES string of the molecule is C=CCn1c(C(=O)N2CCN(c3cccc(Cl)c3)CC2)c(C)c2cc(C(C)C)ccc21. The number of benzene rings is 2. The van der Waals surface area contributed by atoms with Crippen LogP contribution in [0.25, 0.3) is 10.9 Å². The van der Waals surface area contributed by atoms with Crippen LogP contribution in [0.5, 0.6) is 0 Å². The van der Waals surface area contributed by atoms with Crippen LogP contribution in [0.4, 0.5) is 5.69 Å². The smallest absolute Gasteiger partial charge is 0.270 e. The van der Waals surface area contributed by atoms with Gasteiger partial charge in [-0.3, -0.25) is 4.79 Å². The highest BCUT2D eigenvalue weighted by atomic mass is 35.5. The number of hydrogen-bond acceptors (Lipinski definition) is 2. The zero-order valence-electron chi connectivity index (χ0n) is 18.6. The molecule has 4 rings (SSSR count). The molecule has 1 fully saturated rings. The van der Waals surface area contributed by atoms with Gasteiger partial charge in [0.25, 0.3) is 5.91 Å². The number of aryl methyl sites for hydroxylation is 1. The van der Waals surface area contributed by atoms with Gasteiger partial charge in [-0.25, -0.2) is 0 Å². The van der Waals surface area contributed by atoms with Gasteiger partial charge >= 0.3 is 0 Å². The summed E-state index contributed by atoms with van der Waals surface area (Å²) >= 11 is 6.15. The van der Waals surface area contributed by atoms with Crippen molar-refractivity contribution in [3.8, 4) is 0 Å². The van der Waals surface area contributed by atoms with Gasteiger partial charge in [-0.2, -0.15) is 0 Å². The first-order valence-electron chi connectivity index (χ1n) is 10.9. The Morgan fingerprint density at radius 2 is 1.87 bits per heavy atom. The van der Waals surface area contributed by atoms with E-state index >= 15 is 0 Å². The van der Waals surface area contributed by atoms with Crippen LogP contribution in [0.15, 0.2) is 55.1 Å². The molecule has 5 heteroatoms. The number of fused-ring (bicyclic) bond motifs is 1. The molecule has 1 saturated heterocycles. The van der Waals surface area contributed by atoms with Crippen LogP contribution in [0.3, 0.4) is 0 Å². The summed E-state index contributed by atoms with van der Waals surface area (Å²) in [5, 5.41) is 1.90. The van der Waals surface area contributed by atoms with E-state index in [2.05, 4.69) is 61.1 Å². The summed E-state index contributed by atoms with van der Waals surface area (Å²) in [5.74, 6) is 0.553. The number of halogens is 1. The fourth-order valence-electron chi connectivity index (χ4n) is 4.48. The number of allylic oxidation sites excluding steroid dienone is 1. The Morgan fingerprint density at radius 3 is 2.52 bits per heavy atom. The summed E-state index contributed by atoms with van der Waals surface area (Å²) in [7, 11) is 0. The number of piperazine rings is 1. The number of hydrogen-bond donors (Lipinski definition) is 0. The summed E-state index contributed by atoms with van der Waals surface area (Å²) in [4.78, 5) is 17.9. The average Bonchev–Trinajstić information content (AvgIpc) is 3.04. The summed E-state index contributed by atoms with van der Waals surface area (Å²) in [6.07, 6.45) is 1.86. The monoisotopic (exact) mass is 435 g/mol. The first kappa shape index (κ1) is 21.5. The van der Waals surface area contributed by atoms with Crippen LogP contribution in [-0.2, 0) is 6.54 Å². The predicted octanol–water partition coefficient (Wildman–Crippen LogP) is 5.87. The molecule has 0 spiro atoms. The molecule has 0 radical (unpaired) electrons. The molecule has 0 bridgehead atoms. The molecule has 1 aliphatic heterocycles. The van der Waals surface area contributed by atoms with Crippen molar-refractivity contribution in [1.29, 1.82) is 0 Å². The van der Waals surface area contributed by atoms with E-state index in [1.165, 1.54) is 5.56 Å². The first-order valence-corrected chi connectivity index (χ1v) is 11.3. The van der Waals surface area contributed by atoms with Crippen LogP contribution in [-0.4, -0.2) is 41.6 Å². The van der Waals surface area contributed by atoms with E-state index in [4.69, 9.17) is 11.6 Å². The zero-order chi connectivity index (χ0) is 22.1. The van der Waals surface area contributed by atoms with E-state index in [9.17, 15) is 4.79 Å². The molecule has 2 heterocycles. The molecule has 1 amide bonds. The van der Waals surface area contributed by atoms with Crippen molar-refractivity contribution in [2.45, 2.75) is 33.2 Å². The molecule has 31 heavy (non-hydrogen) atoms. The fraction of sp³-hybridized carbons (Fsp3) is 0.346. The Kier molecular flexibility index (Phi) is 6.10. The number of carbonyl (C=O) groups is 1. The van der Waals surface area contributed by atoms with Crippen molar-refractivity contribution in [3.63, 3.8) is 0 Å². The molecular formula is C26H30ClN3O. The second kappa shape index (κ2) is 8.80. The first-order chi connectivity index (χ1) is 14.9. The van der Waals surface area contributed by atoms with Gasteiger partial charge in [-0.05, 0) is 54.3 Å². The maximum Gasteiger partial charge on any atom is 0.270 e. The number of nitrogens with zero attached hydrogens (tertiary/aromatic N) is 3. The summed E-state index contributed by atoms with van der Waals surface area (Å²) in [6.45, 7) is 14.0. The largest absolute Gasteiger partial charge is 0.368 e. The lowest BCUT2D eigenvalue weighted by atomic mass is 10.0. The standard InChI is InChI=1S/C26H30ClN3O/c1-5-11-30-24-10-9-20(18(2)3)16-23(24)19(4)25(30)26(31)29-14-12-28(13-15-29)22-8-6-7-21(27)17-22/h5-10,16-18H,1,11-15H2,2-4H3. The van der Waals surface area contributed by atoms with Gasteiger partial charge in [-0.1, -0.05) is 43.7 Å². The van der Waals surface area contributed by atoms with Crippen LogP contribution in [0.2, 0.25) is 5.02 Å². The number of carbonyl (C=O) groups excluding carboxylic acids is 1. The minimum absolute atomic E-state index is 0.104. The summed E-state index contributed by atoms with van der Waals surface area (Å²) in [5.41, 5.74) is 5.34. The molecule has 162 valence electrons. The normalized spacial score (nSPS) is 14.5. The van der Waals surface area contributed by atoms with Gasteiger partial charge in [0.1, 0.15) is 5.69 Å². The van der Waals surface area contributed by atoms with Crippen molar-refractivity contribution in [1.82, 2.24) is 9.47 Å². The Hall–Kier alpha value is -2.72. The number of rotatable bonds is 5. The van der Waals surface area contributed by atoms with Gasteiger partial charge in [0.05, 0.1) is 0 Å². The average molecular weight is 436 g/mol. The fourth-order valence-corrected chi connectivity index (χ4v) is 4.67. The minimum atomic E-state index is 0.104. The lowest BCUT2D eigenvalue weighted by Crippen LogP contribution is -2.49. The lowest BCUT2D eigenvalue weighted by molar-refractivity contribution is 0.0736. The minimum Gasteiger partial charge on any atom is -0.368 e. The number of anilines is 1. The molecule has 1 aliphatic rings. The van der Waals surface area contributed by atoms with Crippen LogP contribution in [0.1, 0.15) is 41.4 Å². The molecule has 4 nitrogen and oxygen atoms in total. The molecule has 0 aliphatic carbocycles. The predicted molar refractivity (Wildman–Crippen MR) is 131 cm³/mol. The zero-order valence-corrected chi connectivity index (χ0v) is 19.3. The van der Waals surface area contributed by atoms with Crippen molar-refractivity contribution in [3.05, 3.63) is 77.0 Å². The van der Waals surface area contributed by atoms with Gasteiger partial charge in [-0.15, -0.1) is 6.58 Å². The molecule has 1 aromatic heterocycles. The Balaban J connectivity index is 1.62. The van der Waals surface area contributed by atoms with E-state index in [-0.39, 0.29) is 5.91 Å².